The van der Waals surface area contributed by atoms with Crippen LogP contribution in [0.4, 0.5) is 0 Å². The maximum absolute atomic E-state index is 12.1. The predicted octanol–water partition coefficient (Wildman–Crippen LogP) is 3.98. The van der Waals surface area contributed by atoms with Crippen molar-refractivity contribution in [2.24, 2.45) is 0 Å². The molecule has 0 saturated heterocycles. The van der Waals surface area contributed by atoms with Gasteiger partial charge in [0, 0.05) is 29.2 Å². The van der Waals surface area contributed by atoms with Gasteiger partial charge in [-0.2, -0.15) is 0 Å². The summed E-state index contributed by atoms with van der Waals surface area (Å²) in [5.41, 5.74) is 0.586. The first-order valence-corrected chi connectivity index (χ1v) is 8.12. The van der Waals surface area contributed by atoms with Crippen molar-refractivity contribution in [1.29, 1.82) is 0 Å². The molecule has 0 unspecified atom stereocenters. The number of ketones is 1. The Bertz CT molecular complexity index is 530. The van der Waals surface area contributed by atoms with Crippen LogP contribution in [-0.4, -0.2) is 29.7 Å². The number of carbonyl (C=O) groups is 2. The van der Waals surface area contributed by atoms with Gasteiger partial charge in [0.25, 0.3) is 0 Å². The van der Waals surface area contributed by atoms with E-state index in [9.17, 15) is 9.59 Å². The van der Waals surface area contributed by atoms with E-state index in [0.29, 0.717) is 11.6 Å². The number of likely N-dealkylation sites (N-methyl/N-ethyl adjacent to an activating group) is 1. The molecule has 0 spiro atoms. The number of carbonyl (C=O) groups excluding carboxylic acids is 2. The summed E-state index contributed by atoms with van der Waals surface area (Å²) in [5.74, 6) is -0.236. The number of hydrogen-bond acceptors (Lipinski definition) is 2. The molecule has 0 aromatic heterocycles. The zero-order chi connectivity index (χ0) is 15.2. The van der Waals surface area contributed by atoms with Gasteiger partial charge in [0.05, 0.1) is 0 Å². The van der Waals surface area contributed by atoms with Crippen LogP contribution in [0.5, 0.6) is 0 Å². The highest BCUT2D eigenvalue weighted by atomic mass is 79.9. The fourth-order valence-corrected chi connectivity index (χ4v) is 2.89. The summed E-state index contributed by atoms with van der Waals surface area (Å²) in [6.07, 6.45) is 8.52. The first-order valence-electron chi connectivity index (χ1n) is 7.32. The molecular formula is C17H20BrNO2. The monoisotopic (exact) mass is 349 g/mol. The second kappa shape index (κ2) is 7.55. The van der Waals surface area contributed by atoms with Crippen molar-refractivity contribution in [2.45, 2.75) is 38.1 Å². The van der Waals surface area contributed by atoms with Crippen LogP contribution in [0.2, 0.25) is 0 Å². The van der Waals surface area contributed by atoms with Crippen molar-refractivity contribution in [3.63, 3.8) is 0 Å². The lowest BCUT2D eigenvalue weighted by molar-refractivity contribution is -0.127. The van der Waals surface area contributed by atoms with Crippen LogP contribution in [0.25, 0.3) is 0 Å². The summed E-state index contributed by atoms with van der Waals surface area (Å²) in [4.78, 5) is 25.9. The minimum atomic E-state index is -0.145. The Morgan fingerprint density at radius 3 is 2.33 bits per heavy atom. The van der Waals surface area contributed by atoms with Crippen LogP contribution in [0.15, 0.2) is 40.9 Å². The van der Waals surface area contributed by atoms with Gasteiger partial charge in [0.15, 0.2) is 5.78 Å². The van der Waals surface area contributed by atoms with Gasteiger partial charge in [-0.05, 0) is 43.2 Å². The zero-order valence-corrected chi connectivity index (χ0v) is 13.8. The minimum Gasteiger partial charge on any atom is -0.339 e. The van der Waals surface area contributed by atoms with Gasteiger partial charge >= 0.3 is 0 Å². The maximum atomic E-state index is 12.1. The third-order valence-electron chi connectivity index (χ3n) is 3.98. The molecule has 0 aliphatic heterocycles. The normalized spacial score (nSPS) is 16.1. The molecule has 1 fully saturated rings. The molecule has 1 aromatic carbocycles. The smallest absolute Gasteiger partial charge is 0.246 e. The molecule has 0 radical (unpaired) electrons. The van der Waals surface area contributed by atoms with Crippen LogP contribution in [0, 0.1) is 0 Å². The van der Waals surface area contributed by atoms with Crippen molar-refractivity contribution >= 4 is 27.6 Å². The highest BCUT2D eigenvalue weighted by Crippen LogP contribution is 2.21. The first-order chi connectivity index (χ1) is 10.1. The SMILES string of the molecule is CN(C(=O)/C=C/C(=O)c1ccc(Br)cc1)C1CCCCC1. The van der Waals surface area contributed by atoms with E-state index in [-0.39, 0.29) is 11.7 Å². The van der Waals surface area contributed by atoms with E-state index in [1.54, 1.807) is 17.0 Å². The number of allylic oxidation sites excluding steroid dienone is 1. The average Bonchev–Trinajstić information content (AvgIpc) is 2.53. The Hall–Kier alpha value is -1.42. The van der Waals surface area contributed by atoms with Gasteiger partial charge < -0.3 is 4.90 Å². The molecule has 3 nitrogen and oxygen atoms in total. The van der Waals surface area contributed by atoms with Crippen molar-refractivity contribution in [3.05, 3.63) is 46.5 Å². The molecule has 1 amide bonds. The molecule has 1 aliphatic rings. The molecule has 1 aromatic rings. The summed E-state index contributed by atoms with van der Waals surface area (Å²) in [5, 5.41) is 0. The summed E-state index contributed by atoms with van der Waals surface area (Å²) in [6, 6.07) is 7.44. The highest BCUT2D eigenvalue weighted by molar-refractivity contribution is 9.10. The predicted molar refractivity (Wildman–Crippen MR) is 87.3 cm³/mol. The van der Waals surface area contributed by atoms with Gasteiger partial charge in [-0.15, -0.1) is 0 Å². The van der Waals surface area contributed by atoms with E-state index in [2.05, 4.69) is 15.9 Å². The summed E-state index contributed by atoms with van der Waals surface area (Å²) in [6.45, 7) is 0. The van der Waals surface area contributed by atoms with Gasteiger partial charge in [0.1, 0.15) is 0 Å². The van der Waals surface area contributed by atoms with Crippen LogP contribution >= 0.6 is 15.9 Å². The van der Waals surface area contributed by atoms with Gasteiger partial charge in [-0.1, -0.05) is 35.2 Å². The van der Waals surface area contributed by atoms with E-state index < -0.39 is 0 Å². The van der Waals surface area contributed by atoms with Crippen LogP contribution < -0.4 is 0 Å². The van der Waals surface area contributed by atoms with Crippen molar-refractivity contribution in [1.82, 2.24) is 4.90 Å². The van der Waals surface area contributed by atoms with Gasteiger partial charge in [-0.25, -0.2) is 0 Å². The lowest BCUT2D eigenvalue weighted by atomic mass is 9.94. The summed E-state index contributed by atoms with van der Waals surface area (Å²) < 4.78 is 0.927. The van der Waals surface area contributed by atoms with E-state index in [1.165, 1.54) is 31.4 Å². The molecule has 112 valence electrons. The number of benzene rings is 1. The summed E-state index contributed by atoms with van der Waals surface area (Å²) in [7, 11) is 1.83. The van der Waals surface area contributed by atoms with Crippen molar-refractivity contribution in [2.75, 3.05) is 7.05 Å². The molecule has 21 heavy (non-hydrogen) atoms. The Morgan fingerprint density at radius 1 is 1.10 bits per heavy atom. The second-order valence-electron chi connectivity index (χ2n) is 5.45. The molecule has 1 saturated carbocycles. The quantitative estimate of drug-likeness (QED) is 0.608. The van der Waals surface area contributed by atoms with Gasteiger partial charge in [0.2, 0.25) is 5.91 Å². The summed E-state index contributed by atoms with van der Waals surface area (Å²) >= 11 is 3.33. The molecule has 0 atom stereocenters. The molecule has 0 bridgehead atoms. The fourth-order valence-electron chi connectivity index (χ4n) is 2.62. The van der Waals surface area contributed by atoms with Crippen molar-refractivity contribution < 1.29 is 9.59 Å². The zero-order valence-electron chi connectivity index (χ0n) is 12.2. The van der Waals surface area contributed by atoms with E-state index in [1.807, 2.05) is 19.2 Å². The number of amides is 1. The van der Waals surface area contributed by atoms with Crippen LogP contribution in [-0.2, 0) is 4.79 Å². The molecule has 0 heterocycles. The average molecular weight is 350 g/mol. The Morgan fingerprint density at radius 2 is 1.71 bits per heavy atom. The number of nitrogens with zero attached hydrogens (tertiary/aromatic N) is 1. The highest BCUT2D eigenvalue weighted by Gasteiger charge is 2.20. The van der Waals surface area contributed by atoms with Gasteiger partial charge in [-0.3, -0.25) is 9.59 Å². The Kier molecular flexibility index (Phi) is 5.74. The Labute approximate surface area is 134 Å². The van der Waals surface area contributed by atoms with E-state index >= 15 is 0 Å². The lowest BCUT2D eigenvalue weighted by Gasteiger charge is -2.30. The minimum absolute atomic E-state index is 0.0904. The van der Waals surface area contributed by atoms with E-state index in [4.69, 9.17) is 0 Å². The largest absolute Gasteiger partial charge is 0.339 e. The lowest BCUT2D eigenvalue weighted by Crippen LogP contribution is -2.37. The molecule has 0 N–H and O–H groups in total. The maximum Gasteiger partial charge on any atom is 0.246 e. The van der Waals surface area contributed by atoms with Crippen LogP contribution in [0.1, 0.15) is 42.5 Å². The fraction of sp³-hybridized carbons (Fsp3) is 0.412. The standard InChI is InChI=1S/C17H20BrNO2/c1-19(15-5-3-2-4-6-15)17(21)12-11-16(20)13-7-9-14(18)10-8-13/h7-12,15H,2-6H2,1H3/b12-11+. The molecule has 4 heteroatoms. The second-order valence-corrected chi connectivity index (χ2v) is 6.36. The molecular weight excluding hydrogens is 330 g/mol. The Balaban J connectivity index is 1.94. The third-order valence-corrected chi connectivity index (χ3v) is 4.50. The number of halogens is 1. The number of rotatable bonds is 4. The van der Waals surface area contributed by atoms with Crippen molar-refractivity contribution in [3.8, 4) is 0 Å². The van der Waals surface area contributed by atoms with Crippen LogP contribution in [0.3, 0.4) is 0 Å². The molecule has 1 aliphatic carbocycles. The van der Waals surface area contributed by atoms with E-state index in [0.717, 1.165) is 17.3 Å². The first kappa shape index (κ1) is 16.0. The topological polar surface area (TPSA) is 37.4 Å². The third kappa shape index (κ3) is 4.53. The number of hydrogen-bond donors (Lipinski definition) is 0. The molecule has 2 rings (SSSR count).